The fourth-order valence-electron chi connectivity index (χ4n) is 4.35. The molecule has 0 aromatic carbocycles. The predicted molar refractivity (Wildman–Crippen MR) is 150 cm³/mol. The Bertz CT molecular complexity index is 1610. The number of oxime groups is 1. The molecule has 0 radical (unpaired) electrons. The molecule has 2 amide bonds. The van der Waals surface area contributed by atoms with Gasteiger partial charge in [-0.15, -0.1) is 11.8 Å². The van der Waals surface area contributed by atoms with E-state index in [4.69, 9.17) is 10.6 Å². The van der Waals surface area contributed by atoms with Crippen LogP contribution in [0.2, 0.25) is 0 Å². The quantitative estimate of drug-likeness (QED) is 0.0759. The lowest BCUT2D eigenvalue weighted by atomic mass is 10.0. The Kier molecular flexibility index (Phi) is 8.52. The van der Waals surface area contributed by atoms with Gasteiger partial charge >= 0.3 is 5.97 Å². The van der Waals surface area contributed by atoms with E-state index in [0.717, 1.165) is 16.4 Å². The zero-order valence-corrected chi connectivity index (χ0v) is 24.9. The maximum atomic E-state index is 13.2. The Morgan fingerprint density at radius 2 is 2.02 bits per heavy atom. The second-order valence-corrected chi connectivity index (χ2v) is 12.8. The number of aromatic hydroxyl groups is 1. The van der Waals surface area contributed by atoms with Crippen LogP contribution in [0.25, 0.3) is 0 Å². The predicted octanol–water partition coefficient (Wildman–Crippen LogP) is -2.22. The van der Waals surface area contributed by atoms with Crippen molar-refractivity contribution >= 4 is 57.9 Å². The van der Waals surface area contributed by atoms with Crippen molar-refractivity contribution in [2.45, 2.75) is 37.4 Å². The summed E-state index contributed by atoms with van der Waals surface area (Å²) < 4.78 is 4.10. The first-order valence-corrected chi connectivity index (χ1v) is 14.3. The van der Waals surface area contributed by atoms with Gasteiger partial charge < -0.3 is 45.5 Å². The topological polar surface area (TPSA) is 253 Å². The van der Waals surface area contributed by atoms with Crippen molar-refractivity contribution in [2.75, 3.05) is 32.1 Å². The average molecular weight is 637 g/mol. The number of aromatic nitrogens is 3. The third-order valence-electron chi connectivity index (χ3n) is 6.45. The summed E-state index contributed by atoms with van der Waals surface area (Å²) >= 11 is 1.98. The number of hydrogen-bond donors (Lipinski definition) is 5. The van der Waals surface area contributed by atoms with Crippen LogP contribution >= 0.6 is 23.3 Å². The van der Waals surface area contributed by atoms with E-state index in [0.29, 0.717) is 11.3 Å². The maximum Gasteiger partial charge on any atom is 0.350 e. The molecule has 0 spiro atoms. The van der Waals surface area contributed by atoms with Gasteiger partial charge in [-0.2, -0.15) is 9.36 Å². The van der Waals surface area contributed by atoms with Gasteiger partial charge in [0.2, 0.25) is 22.6 Å². The highest BCUT2D eigenvalue weighted by atomic mass is 32.2. The van der Waals surface area contributed by atoms with Crippen molar-refractivity contribution in [2.24, 2.45) is 5.16 Å². The summed E-state index contributed by atoms with van der Waals surface area (Å²) in [5, 5.41) is 36.4. The average Bonchev–Trinajstić information content (AvgIpc) is 3.34. The van der Waals surface area contributed by atoms with Crippen LogP contribution in [0.1, 0.15) is 25.4 Å². The number of aliphatic carboxylic acids is 2. The molecule has 0 bridgehead atoms. The molecule has 1 fully saturated rings. The highest BCUT2D eigenvalue weighted by Gasteiger charge is 2.53. The molecule has 2 aromatic heterocycles. The van der Waals surface area contributed by atoms with E-state index in [1.807, 2.05) is 0 Å². The highest BCUT2D eigenvalue weighted by Crippen LogP contribution is 2.40. The number of H-pyrrole nitrogens is 1. The molecule has 1 saturated heterocycles. The molecule has 0 saturated carbocycles. The molecule has 230 valence electrons. The van der Waals surface area contributed by atoms with E-state index in [1.54, 1.807) is 14.1 Å². The molecular weight excluding hydrogens is 608 g/mol. The van der Waals surface area contributed by atoms with Crippen molar-refractivity contribution in [1.29, 1.82) is 0 Å². The Labute approximate surface area is 251 Å². The second-order valence-electron chi connectivity index (χ2n) is 10.9. The lowest BCUT2D eigenvalue weighted by Crippen LogP contribution is -2.71. The van der Waals surface area contributed by atoms with E-state index < -0.39 is 57.7 Å². The highest BCUT2D eigenvalue weighted by molar-refractivity contribution is 8.00. The number of carboxylic acids is 2. The number of carboxylic acid groups (broad SMARTS) is 2. The number of anilines is 1. The van der Waals surface area contributed by atoms with Gasteiger partial charge in [0.15, 0.2) is 10.9 Å². The number of thioether (sulfide) groups is 1. The number of pyridine rings is 1. The fraction of sp³-hybridized carbons (Fsp3) is 0.417. The molecule has 0 unspecified atom stereocenters. The van der Waals surface area contributed by atoms with Crippen molar-refractivity contribution in [1.82, 2.24) is 24.6 Å². The molecule has 0 aliphatic carbocycles. The van der Waals surface area contributed by atoms with E-state index >= 15 is 0 Å². The van der Waals surface area contributed by atoms with Gasteiger partial charge in [-0.1, -0.05) is 5.16 Å². The zero-order chi connectivity index (χ0) is 31.9. The molecule has 2 aliphatic rings. The van der Waals surface area contributed by atoms with Gasteiger partial charge in [-0.25, -0.2) is 4.79 Å². The van der Waals surface area contributed by atoms with Gasteiger partial charge in [-0.05, 0) is 13.8 Å². The summed E-state index contributed by atoms with van der Waals surface area (Å²) in [6.07, 6.45) is 1.17. The number of carbonyl (C=O) groups excluding carboxylic acids is 3. The number of carbonyl (C=O) groups is 4. The molecule has 4 heterocycles. The summed E-state index contributed by atoms with van der Waals surface area (Å²) in [7, 11) is 3.60. The molecule has 2 aromatic rings. The number of β-lactam (4-membered cyclic amide) rings is 1. The first kappa shape index (κ1) is 31.4. The van der Waals surface area contributed by atoms with Crippen LogP contribution in [-0.2, 0) is 30.6 Å². The van der Waals surface area contributed by atoms with Gasteiger partial charge in [-0.3, -0.25) is 19.3 Å². The van der Waals surface area contributed by atoms with Crippen molar-refractivity contribution in [3.63, 3.8) is 0 Å². The first-order chi connectivity index (χ1) is 20.0. The molecule has 43 heavy (non-hydrogen) atoms. The SMILES string of the molecule is CC(C)(O/N=C(\C(=O)N[C@@H]1C(=O)N2C(C(=O)[O-])=C(C[N+](C)(C)Cc3cc(=O)c(O)c[nH]3)CS[C@H]12)c1nsc(N)n1)C(=O)O. The maximum absolute atomic E-state index is 13.2. The molecule has 2 atom stereocenters. The van der Waals surface area contributed by atoms with Crippen molar-refractivity contribution < 1.29 is 43.8 Å². The standard InChI is InChI=1S/C24H28N8O9S2/c1-24(2,22(39)40)41-29-14(17-28-23(25)43-30-17)18(35)27-15-19(36)31-16(21(37)38)10(9-42-20(15)31)7-32(3,4)8-11-5-12(33)13(34)6-26-11/h5-6,15,20H,7-9H2,1-4H3,(H6-,25,26,27,28,29,30,33,34,35,37,38,39,40)/t15-,20-/m1/s1. The number of hydrogen-bond acceptors (Lipinski definition) is 14. The number of rotatable bonds is 11. The van der Waals surface area contributed by atoms with Crippen LogP contribution < -0.4 is 21.6 Å². The minimum absolute atomic E-state index is 0.00362. The van der Waals surface area contributed by atoms with Crippen LogP contribution in [0.5, 0.6) is 5.75 Å². The number of nitrogens with two attached hydrogens (primary N) is 1. The van der Waals surface area contributed by atoms with E-state index in [9.17, 15) is 39.3 Å². The minimum Gasteiger partial charge on any atom is -0.543 e. The van der Waals surface area contributed by atoms with Crippen LogP contribution in [0.3, 0.4) is 0 Å². The number of quaternary nitrogens is 1. The van der Waals surface area contributed by atoms with Crippen LogP contribution in [-0.4, -0.2) is 107 Å². The largest absolute Gasteiger partial charge is 0.543 e. The second kappa shape index (κ2) is 11.7. The Morgan fingerprint density at radius 3 is 2.60 bits per heavy atom. The van der Waals surface area contributed by atoms with E-state index in [1.165, 1.54) is 37.9 Å². The molecule has 17 nitrogen and oxygen atoms in total. The number of likely N-dealkylation sites (N-methyl/N-ethyl adjacent to an activating group) is 1. The van der Waals surface area contributed by atoms with E-state index in [-0.39, 0.29) is 40.0 Å². The molecule has 6 N–H and O–H groups in total. The summed E-state index contributed by atoms with van der Waals surface area (Å²) in [5.41, 5.74) is 3.33. The number of fused-ring (bicyclic) bond motifs is 1. The lowest BCUT2D eigenvalue weighted by molar-refractivity contribution is -0.899. The number of nitrogen functional groups attached to an aromatic ring is 1. The van der Waals surface area contributed by atoms with Crippen LogP contribution in [0.15, 0.2) is 33.5 Å². The third-order valence-corrected chi connectivity index (χ3v) is 8.33. The van der Waals surface area contributed by atoms with E-state index in [2.05, 4.69) is 24.8 Å². The van der Waals surface area contributed by atoms with Crippen molar-refractivity contribution in [3.05, 3.63) is 45.3 Å². The van der Waals surface area contributed by atoms with Gasteiger partial charge in [0.05, 0.1) is 31.5 Å². The Morgan fingerprint density at radius 1 is 1.33 bits per heavy atom. The molecule has 2 aliphatic heterocycles. The Balaban J connectivity index is 1.53. The normalized spacial score (nSPS) is 19.0. The zero-order valence-electron chi connectivity index (χ0n) is 23.3. The minimum atomic E-state index is -1.82. The summed E-state index contributed by atoms with van der Waals surface area (Å²) in [6.45, 7) is 2.87. The van der Waals surface area contributed by atoms with Gasteiger partial charge in [0.25, 0.3) is 11.8 Å². The summed E-state index contributed by atoms with van der Waals surface area (Å²) in [6, 6.07) is 0.0915. The van der Waals surface area contributed by atoms with Crippen LogP contribution in [0, 0.1) is 0 Å². The molecule has 19 heteroatoms. The number of nitrogens with zero attached hydrogens (tertiary/aromatic N) is 5. The van der Waals surface area contributed by atoms with Gasteiger partial charge in [0.1, 0.15) is 24.5 Å². The monoisotopic (exact) mass is 636 g/mol. The fourth-order valence-corrected chi connectivity index (χ4v) is 6.12. The number of nitrogens with one attached hydrogen (secondary N) is 2. The van der Waals surface area contributed by atoms with Gasteiger partial charge in [0, 0.05) is 35.1 Å². The smallest absolute Gasteiger partial charge is 0.350 e. The molecule has 4 rings (SSSR count). The lowest BCUT2D eigenvalue weighted by Gasteiger charge is -2.51. The summed E-state index contributed by atoms with van der Waals surface area (Å²) in [4.78, 5) is 74.7. The van der Waals surface area contributed by atoms with Crippen LogP contribution in [0.4, 0.5) is 5.13 Å². The first-order valence-electron chi connectivity index (χ1n) is 12.5. The molecular formula is C24H28N8O9S2. The Hall–Kier alpha value is -4.49. The number of aromatic amines is 1. The summed E-state index contributed by atoms with van der Waals surface area (Å²) in [5.74, 6) is -5.10. The third kappa shape index (κ3) is 6.62. The van der Waals surface area contributed by atoms with Crippen molar-refractivity contribution in [3.8, 4) is 5.75 Å². The number of amides is 2.